The van der Waals surface area contributed by atoms with Crippen molar-refractivity contribution in [3.63, 3.8) is 0 Å². The predicted octanol–water partition coefficient (Wildman–Crippen LogP) is 5.08. The lowest BCUT2D eigenvalue weighted by molar-refractivity contribution is 0.102. The molecule has 0 aromatic heterocycles. The zero-order valence-corrected chi connectivity index (χ0v) is 18.5. The molecule has 5 nitrogen and oxygen atoms in total. The van der Waals surface area contributed by atoms with Crippen LogP contribution < -0.4 is 20.3 Å². The summed E-state index contributed by atoms with van der Waals surface area (Å²) in [7, 11) is 0. The molecule has 1 amide bonds. The molecule has 0 bridgehead atoms. The van der Waals surface area contributed by atoms with Crippen LogP contribution in [0.5, 0.6) is 5.75 Å². The van der Waals surface area contributed by atoms with E-state index in [9.17, 15) is 4.79 Å². The second kappa shape index (κ2) is 9.76. The number of nitrogens with one attached hydrogen (secondary N) is 2. The van der Waals surface area contributed by atoms with Gasteiger partial charge in [0.2, 0.25) is 0 Å². The lowest BCUT2D eigenvalue weighted by Crippen LogP contribution is -2.43. The van der Waals surface area contributed by atoms with Crippen molar-refractivity contribution in [2.24, 2.45) is 0 Å². The summed E-state index contributed by atoms with van der Waals surface area (Å²) in [6, 6.07) is 29.8. The van der Waals surface area contributed by atoms with Crippen LogP contribution in [0, 0.1) is 0 Å². The summed E-state index contributed by atoms with van der Waals surface area (Å²) in [5, 5.41) is 8.55. The third-order valence-electron chi connectivity index (χ3n) is 5.96. The van der Waals surface area contributed by atoms with Gasteiger partial charge in [-0.05, 0) is 34.5 Å². The molecule has 5 heteroatoms. The third-order valence-corrected chi connectivity index (χ3v) is 5.96. The Hall–Kier alpha value is -3.83. The van der Waals surface area contributed by atoms with E-state index in [1.807, 2.05) is 78.9 Å². The summed E-state index contributed by atoms with van der Waals surface area (Å²) in [5.74, 6) is 0.677. The molecule has 5 rings (SSSR count). The highest BCUT2D eigenvalue weighted by Gasteiger charge is 2.18. The number of fused-ring (bicyclic) bond motifs is 1. The standard InChI is InChI=1S/C28H27N3O2/c32-28(25-12-6-10-22-9-4-5-11-24(22)25)30-26-14-13-23(33-20-21-7-2-1-3-8-21)19-27(26)31-17-15-29-16-18-31/h1-14,19,29H,15-18,20H2,(H,30,32). The van der Waals surface area contributed by atoms with Crippen LogP contribution in [0.1, 0.15) is 15.9 Å². The van der Waals surface area contributed by atoms with E-state index in [-0.39, 0.29) is 5.91 Å². The summed E-state index contributed by atoms with van der Waals surface area (Å²) in [6.07, 6.45) is 0. The van der Waals surface area contributed by atoms with Gasteiger partial charge < -0.3 is 20.3 Å². The minimum Gasteiger partial charge on any atom is -0.489 e. The van der Waals surface area contributed by atoms with Gasteiger partial charge in [-0.1, -0.05) is 66.7 Å². The molecule has 33 heavy (non-hydrogen) atoms. The zero-order valence-electron chi connectivity index (χ0n) is 18.5. The van der Waals surface area contributed by atoms with Crippen molar-refractivity contribution in [1.82, 2.24) is 5.32 Å². The molecule has 2 N–H and O–H groups in total. The Labute approximate surface area is 194 Å². The Bertz CT molecular complexity index is 1250. The van der Waals surface area contributed by atoms with E-state index in [0.717, 1.165) is 59.6 Å². The molecule has 0 atom stereocenters. The van der Waals surface area contributed by atoms with Crippen LogP contribution in [0.25, 0.3) is 10.8 Å². The number of carbonyl (C=O) groups is 1. The monoisotopic (exact) mass is 437 g/mol. The minimum atomic E-state index is -0.110. The molecule has 0 unspecified atom stereocenters. The first-order chi connectivity index (χ1) is 16.3. The second-order valence-electron chi connectivity index (χ2n) is 8.17. The Morgan fingerprint density at radius 2 is 1.64 bits per heavy atom. The van der Waals surface area contributed by atoms with Gasteiger partial charge in [-0.2, -0.15) is 0 Å². The van der Waals surface area contributed by atoms with Crippen molar-refractivity contribution in [3.05, 3.63) is 102 Å². The smallest absolute Gasteiger partial charge is 0.256 e. The molecule has 1 aliphatic heterocycles. The van der Waals surface area contributed by atoms with Gasteiger partial charge in [0.1, 0.15) is 12.4 Å². The van der Waals surface area contributed by atoms with E-state index in [0.29, 0.717) is 12.2 Å². The summed E-state index contributed by atoms with van der Waals surface area (Å²) in [5.41, 5.74) is 3.57. The molecule has 166 valence electrons. The van der Waals surface area contributed by atoms with Gasteiger partial charge in [0.25, 0.3) is 5.91 Å². The Morgan fingerprint density at radius 3 is 2.48 bits per heavy atom. The molecule has 1 saturated heterocycles. The molecule has 0 spiro atoms. The van der Waals surface area contributed by atoms with Crippen molar-refractivity contribution < 1.29 is 9.53 Å². The van der Waals surface area contributed by atoms with Crippen LogP contribution in [0.4, 0.5) is 11.4 Å². The van der Waals surface area contributed by atoms with Crippen molar-refractivity contribution in [1.29, 1.82) is 0 Å². The van der Waals surface area contributed by atoms with Gasteiger partial charge in [0.15, 0.2) is 0 Å². The first-order valence-electron chi connectivity index (χ1n) is 11.3. The first-order valence-corrected chi connectivity index (χ1v) is 11.3. The number of ether oxygens (including phenoxy) is 1. The van der Waals surface area contributed by atoms with Crippen molar-refractivity contribution in [3.8, 4) is 5.75 Å². The van der Waals surface area contributed by atoms with Crippen molar-refractivity contribution in [2.45, 2.75) is 6.61 Å². The number of benzene rings is 4. The van der Waals surface area contributed by atoms with Gasteiger partial charge >= 0.3 is 0 Å². The van der Waals surface area contributed by atoms with E-state index in [1.54, 1.807) is 0 Å². The minimum absolute atomic E-state index is 0.110. The lowest BCUT2D eigenvalue weighted by Gasteiger charge is -2.31. The van der Waals surface area contributed by atoms with Gasteiger partial charge in [0, 0.05) is 37.8 Å². The maximum atomic E-state index is 13.3. The van der Waals surface area contributed by atoms with E-state index in [4.69, 9.17) is 4.74 Å². The van der Waals surface area contributed by atoms with Gasteiger partial charge in [-0.25, -0.2) is 0 Å². The highest BCUT2D eigenvalue weighted by molar-refractivity contribution is 6.13. The van der Waals surface area contributed by atoms with Gasteiger partial charge in [0.05, 0.1) is 11.4 Å². The molecular weight excluding hydrogens is 410 g/mol. The summed E-state index contributed by atoms with van der Waals surface area (Å²) in [6.45, 7) is 4.07. The molecule has 1 heterocycles. The number of hydrogen-bond acceptors (Lipinski definition) is 4. The maximum Gasteiger partial charge on any atom is 0.256 e. The molecule has 1 fully saturated rings. The maximum absolute atomic E-state index is 13.3. The SMILES string of the molecule is O=C(Nc1ccc(OCc2ccccc2)cc1N1CCNCC1)c1cccc2ccccc12. The summed E-state index contributed by atoms with van der Waals surface area (Å²) in [4.78, 5) is 15.6. The quantitative estimate of drug-likeness (QED) is 0.442. The number of carbonyl (C=O) groups excluding carboxylic acids is 1. The van der Waals surface area contributed by atoms with Gasteiger partial charge in [-0.3, -0.25) is 4.79 Å². The van der Waals surface area contributed by atoms with Crippen molar-refractivity contribution >= 4 is 28.1 Å². The molecule has 4 aromatic rings. The molecule has 0 saturated carbocycles. The fourth-order valence-corrected chi connectivity index (χ4v) is 4.23. The number of rotatable bonds is 6. The summed E-state index contributed by atoms with van der Waals surface area (Å²) < 4.78 is 6.07. The molecule has 0 radical (unpaired) electrons. The van der Waals surface area contributed by atoms with E-state index in [2.05, 4.69) is 27.7 Å². The fourth-order valence-electron chi connectivity index (χ4n) is 4.23. The third kappa shape index (κ3) is 4.83. The highest BCUT2D eigenvalue weighted by atomic mass is 16.5. The average molecular weight is 438 g/mol. The van der Waals surface area contributed by atoms with Crippen LogP contribution >= 0.6 is 0 Å². The van der Waals surface area contributed by atoms with Gasteiger partial charge in [-0.15, -0.1) is 0 Å². The number of nitrogens with zero attached hydrogens (tertiary/aromatic N) is 1. The average Bonchev–Trinajstić information content (AvgIpc) is 2.89. The highest BCUT2D eigenvalue weighted by Crippen LogP contribution is 2.32. The molecule has 4 aromatic carbocycles. The van der Waals surface area contributed by atoms with Crippen LogP contribution in [-0.2, 0) is 6.61 Å². The van der Waals surface area contributed by atoms with E-state index in [1.165, 1.54) is 0 Å². The fraction of sp³-hybridized carbons (Fsp3) is 0.179. The van der Waals surface area contributed by atoms with E-state index < -0.39 is 0 Å². The molecular formula is C28H27N3O2. The largest absolute Gasteiger partial charge is 0.489 e. The van der Waals surface area contributed by atoms with Crippen LogP contribution in [0.3, 0.4) is 0 Å². The van der Waals surface area contributed by atoms with Crippen LogP contribution in [-0.4, -0.2) is 32.1 Å². The first kappa shape index (κ1) is 21.0. The Kier molecular flexibility index (Phi) is 6.22. The molecule has 1 aliphatic rings. The molecule has 0 aliphatic carbocycles. The number of piperazine rings is 1. The zero-order chi connectivity index (χ0) is 22.5. The second-order valence-corrected chi connectivity index (χ2v) is 8.17. The summed E-state index contributed by atoms with van der Waals surface area (Å²) >= 11 is 0. The topological polar surface area (TPSA) is 53.6 Å². The lowest BCUT2D eigenvalue weighted by atomic mass is 10.0. The predicted molar refractivity (Wildman–Crippen MR) is 134 cm³/mol. The Balaban J connectivity index is 1.42. The number of hydrogen-bond donors (Lipinski definition) is 2. The van der Waals surface area contributed by atoms with Crippen molar-refractivity contribution in [2.75, 3.05) is 36.4 Å². The van der Waals surface area contributed by atoms with Crippen LogP contribution in [0.2, 0.25) is 0 Å². The normalized spacial score (nSPS) is 13.6. The Morgan fingerprint density at radius 1 is 0.879 bits per heavy atom. The van der Waals surface area contributed by atoms with Crippen LogP contribution in [0.15, 0.2) is 91.0 Å². The van der Waals surface area contributed by atoms with E-state index >= 15 is 0 Å². The number of anilines is 2. The number of amides is 1.